The van der Waals surface area contributed by atoms with Gasteiger partial charge in [0.25, 0.3) is 0 Å². The number of hydrogen-bond acceptors (Lipinski definition) is 6. The SMILES string of the molecule is CC(=O)N1CCC2CCCC(CN(C(=O)CCn3nc(C)nc3C)Cc3ccccc31)N2Cc1ccccn1. The highest BCUT2D eigenvalue weighted by Gasteiger charge is 2.34. The number of para-hydroxylation sites is 1. The summed E-state index contributed by atoms with van der Waals surface area (Å²) >= 11 is 0. The van der Waals surface area contributed by atoms with E-state index in [4.69, 9.17) is 0 Å². The number of pyridine rings is 1. The number of piperidine rings is 1. The summed E-state index contributed by atoms with van der Waals surface area (Å²) in [5, 5.41) is 4.45. The summed E-state index contributed by atoms with van der Waals surface area (Å²) in [6.45, 7) is 8.42. The third kappa shape index (κ3) is 6.36. The molecule has 1 aromatic carbocycles. The summed E-state index contributed by atoms with van der Waals surface area (Å²) in [6, 6.07) is 14.6. The average molecular weight is 530 g/mol. The Morgan fingerprint density at radius 2 is 1.79 bits per heavy atom. The number of carbonyl (C=O) groups is 2. The topological polar surface area (TPSA) is 87.5 Å². The molecule has 9 nitrogen and oxygen atoms in total. The number of anilines is 1. The summed E-state index contributed by atoms with van der Waals surface area (Å²) in [5.74, 6) is 1.65. The first-order valence-electron chi connectivity index (χ1n) is 14.1. The Kier molecular flexibility index (Phi) is 8.35. The van der Waals surface area contributed by atoms with Crippen molar-refractivity contribution in [3.63, 3.8) is 0 Å². The highest BCUT2D eigenvalue weighted by molar-refractivity contribution is 5.92. The normalized spacial score (nSPS) is 20.3. The summed E-state index contributed by atoms with van der Waals surface area (Å²) in [5.41, 5.74) is 2.94. The minimum atomic E-state index is 0.0280. The van der Waals surface area contributed by atoms with E-state index in [1.807, 2.05) is 70.9 Å². The first-order valence-corrected chi connectivity index (χ1v) is 14.1. The molecule has 9 heteroatoms. The Balaban J connectivity index is 1.47. The lowest BCUT2D eigenvalue weighted by Gasteiger charge is -2.44. The van der Waals surface area contributed by atoms with Crippen molar-refractivity contribution in [3.8, 4) is 0 Å². The molecule has 3 aromatic rings. The van der Waals surface area contributed by atoms with Crippen molar-refractivity contribution in [1.82, 2.24) is 29.5 Å². The maximum atomic E-state index is 13.8. The van der Waals surface area contributed by atoms with Crippen LogP contribution in [-0.2, 0) is 29.2 Å². The summed E-state index contributed by atoms with van der Waals surface area (Å²) in [6.07, 6.45) is 6.30. The standard InChI is InChI=1S/C30H39N7O2/c1-22-32-23(2)37(33-22)18-15-30(39)34-19-25-9-4-5-13-29(25)35(24(3)38)17-14-27-11-8-12-28(21-34)36(27)20-26-10-6-7-16-31-26/h4-7,9-10,13,16,27-28H,8,11-12,14-15,17-21H2,1-3H3. The molecular weight excluding hydrogens is 490 g/mol. The second-order valence-electron chi connectivity index (χ2n) is 10.8. The lowest BCUT2D eigenvalue weighted by Crippen LogP contribution is -2.52. The molecule has 1 saturated heterocycles. The number of hydrogen-bond donors (Lipinski definition) is 0. The van der Waals surface area contributed by atoms with Gasteiger partial charge >= 0.3 is 0 Å². The number of benzene rings is 1. The van der Waals surface area contributed by atoms with Gasteiger partial charge in [0.05, 0.1) is 12.2 Å². The lowest BCUT2D eigenvalue weighted by atomic mass is 9.92. The van der Waals surface area contributed by atoms with Crippen LogP contribution in [0.3, 0.4) is 0 Å². The van der Waals surface area contributed by atoms with E-state index in [0.717, 1.165) is 55.0 Å². The average Bonchev–Trinajstić information content (AvgIpc) is 3.25. The van der Waals surface area contributed by atoms with E-state index < -0.39 is 0 Å². The minimum absolute atomic E-state index is 0.0280. The largest absolute Gasteiger partial charge is 0.337 e. The molecule has 1 fully saturated rings. The Bertz CT molecular complexity index is 1290. The minimum Gasteiger partial charge on any atom is -0.337 e. The van der Waals surface area contributed by atoms with Crippen molar-refractivity contribution >= 4 is 17.5 Å². The molecule has 2 atom stereocenters. The molecule has 0 N–H and O–H groups in total. The monoisotopic (exact) mass is 529 g/mol. The van der Waals surface area contributed by atoms with Gasteiger partial charge in [-0.25, -0.2) is 9.67 Å². The van der Waals surface area contributed by atoms with E-state index in [2.05, 4.69) is 26.0 Å². The number of aromatic nitrogens is 4. The maximum Gasteiger partial charge on any atom is 0.224 e. The molecule has 2 amide bonds. The molecule has 39 heavy (non-hydrogen) atoms. The van der Waals surface area contributed by atoms with E-state index in [1.165, 1.54) is 0 Å². The van der Waals surface area contributed by atoms with Gasteiger partial charge in [0.15, 0.2) is 0 Å². The van der Waals surface area contributed by atoms with Crippen molar-refractivity contribution in [3.05, 3.63) is 71.6 Å². The molecule has 4 heterocycles. The highest BCUT2D eigenvalue weighted by Crippen LogP contribution is 2.31. The fraction of sp³-hybridized carbons (Fsp3) is 0.500. The van der Waals surface area contributed by atoms with Gasteiger partial charge in [0.2, 0.25) is 11.8 Å². The maximum absolute atomic E-state index is 13.8. The number of aryl methyl sites for hydroxylation is 3. The van der Waals surface area contributed by atoms with E-state index in [0.29, 0.717) is 44.5 Å². The van der Waals surface area contributed by atoms with E-state index >= 15 is 0 Å². The number of amides is 2. The third-order valence-electron chi connectivity index (χ3n) is 8.08. The first kappa shape index (κ1) is 27.0. The van der Waals surface area contributed by atoms with Crippen LogP contribution >= 0.6 is 0 Å². The van der Waals surface area contributed by atoms with Gasteiger partial charge in [-0.2, -0.15) is 5.10 Å². The Hall–Kier alpha value is -3.59. The van der Waals surface area contributed by atoms with Gasteiger partial charge in [-0.1, -0.05) is 30.7 Å². The molecule has 206 valence electrons. The second-order valence-corrected chi connectivity index (χ2v) is 10.8. The summed E-state index contributed by atoms with van der Waals surface area (Å²) in [7, 11) is 0. The van der Waals surface area contributed by atoms with Crippen molar-refractivity contribution in [2.24, 2.45) is 0 Å². The fourth-order valence-electron chi connectivity index (χ4n) is 6.14. The number of nitrogens with zero attached hydrogens (tertiary/aromatic N) is 7. The molecule has 2 aliphatic heterocycles. The smallest absolute Gasteiger partial charge is 0.224 e. The van der Waals surface area contributed by atoms with E-state index in [1.54, 1.807) is 6.92 Å². The predicted molar refractivity (Wildman–Crippen MR) is 150 cm³/mol. The molecule has 0 radical (unpaired) electrons. The fourth-order valence-corrected chi connectivity index (χ4v) is 6.14. The number of fused-ring (bicyclic) bond motifs is 3. The Labute approximate surface area is 230 Å². The summed E-state index contributed by atoms with van der Waals surface area (Å²) < 4.78 is 1.81. The zero-order valence-corrected chi connectivity index (χ0v) is 23.3. The van der Waals surface area contributed by atoms with Gasteiger partial charge < -0.3 is 9.80 Å². The van der Waals surface area contributed by atoms with Crippen LogP contribution in [0, 0.1) is 13.8 Å². The Morgan fingerprint density at radius 3 is 2.54 bits per heavy atom. The lowest BCUT2D eigenvalue weighted by molar-refractivity contribution is -0.133. The zero-order chi connectivity index (χ0) is 27.4. The van der Waals surface area contributed by atoms with Gasteiger partial charge in [0, 0.05) is 63.5 Å². The van der Waals surface area contributed by atoms with Crippen LogP contribution in [0.4, 0.5) is 5.69 Å². The van der Waals surface area contributed by atoms with Crippen LogP contribution in [0.15, 0.2) is 48.7 Å². The number of carbonyl (C=O) groups excluding carboxylic acids is 2. The van der Waals surface area contributed by atoms with E-state index in [9.17, 15) is 9.59 Å². The highest BCUT2D eigenvalue weighted by atomic mass is 16.2. The van der Waals surface area contributed by atoms with Crippen LogP contribution in [0.25, 0.3) is 0 Å². The molecular formula is C30H39N7O2. The van der Waals surface area contributed by atoms with Gasteiger partial charge in [-0.15, -0.1) is 0 Å². The van der Waals surface area contributed by atoms with Crippen molar-refractivity contribution in [1.29, 1.82) is 0 Å². The first-order chi connectivity index (χ1) is 18.9. The zero-order valence-electron chi connectivity index (χ0n) is 23.3. The summed E-state index contributed by atoms with van der Waals surface area (Å²) in [4.78, 5) is 42.2. The quantitative estimate of drug-likeness (QED) is 0.498. The molecule has 2 unspecified atom stereocenters. The van der Waals surface area contributed by atoms with Crippen molar-refractivity contribution in [2.75, 3.05) is 18.0 Å². The van der Waals surface area contributed by atoms with Gasteiger partial charge in [0.1, 0.15) is 11.6 Å². The molecule has 2 aromatic heterocycles. The molecule has 5 rings (SSSR count). The van der Waals surface area contributed by atoms with Crippen LogP contribution in [-0.4, -0.2) is 66.5 Å². The van der Waals surface area contributed by atoms with E-state index in [-0.39, 0.29) is 17.9 Å². The second kappa shape index (κ2) is 12.1. The van der Waals surface area contributed by atoms with Crippen LogP contribution < -0.4 is 4.90 Å². The Morgan fingerprint density at radius 1 is 1.00 bits per heavy atom. The van der Waals surface area contributed by atoms with Crippen molar-refractivity contribution < 1.29 is 9.59 Å². The molecule has 2 bridgehead atoms. The van der Waals surface area contributed by atoms with Crippen LogP contribution in [0.5, 0.6) is 0 Å². The third-order valence-corrected chi connectivity index (χ3v) is 8.08. The van der Waals surface area contributed by atoms with Crippen LogP contribution in [0.1, 0.15) is 61.9 Å². The molecule has 0 spiro atoms. The molecule has 0 aliphatic carbocycles. The molecule has 0 saturated carbocycles. The predicted octanol–water partition coefficient (Wildman–Crippen LogP) is 3.89. The van der Waals surface area contributed by atoms with Crippen LogP contribution in [0.2, 0.25) is 0 Å². The number of rotatable bonds is 5. The van der Waals surface area contributed by atoms with Gasteiger partial charge in [-0.3, -0.25) is 19.5 Å². The van der Waals surface area contributed by atoms with Crippen molar-refractivity contribution in [2.45, 2.75) is 84.6 Å². The van der Waals surface area contributed by atoms with Gasteiger partial charge in [-0.05, 0) is 56.9 Å². The molecule has 2 aliphatic rings.